The molecule has 5 nitrogen and oxygen atoms in total. The molecule has 0 saturated heterocycles. The maximum Gasteiger partial charge on any atom is 0.262 e. The Morgan fingerprint density at radius 1 is 1.04 bits per heavy atom. The number of benzene rings is 2. The molecule has 140 valence electrons. The standard InChI is InChI=1S/C21H22N2O3S/c1-12-6-4-7-16(14(12)3)23-27(25,26)20-11-18-15(10-13(20)2)21-17(22-18)8-5-9-19(21)24/h4,6-7,10-11,22-23H,5,8-9H2,1-3H3. The molecule has 1 aromatic heterocycles. The van der Waals surface area contributed by atoms with E-state index in [0.29, 0.717) is 23.2 Å². The van der Waals surface area contributed by atoms with Crippen LogP contribution in [0.15, 0.2) is 35.2 Å². The average Bonchev–Trinajstić information content (AvgIpc) is 2.97. The third-order valence-corrected chi connectivity index (χ3v) is 6.93. The molecule has 4 rings (SSSR count). The molecule has 0 saturated carbocycles. The maximum absolute atomic E-state index is 13.0. The summed E-state index contributed by atoms with van der Waals surface area (Å²) in [6, 6.07) is 9.00. The van der Waals surface area contributed by atoms with E-state index in [1.807, 2.05) is 32.0 Å². The van der Waals surface area contributed by atoms with E-state index in [2.05, 4.69) is 9.71 Å². The second kappa shape index (κ2) is 6.23. The van der Waals surface area contributed by atoms with Gasteiger partial charge in [0.15, 0.2) is 5.78 Å². The van der Waals surface area contributed by atoms with E-state index >= 15 is 0 Å². The summed E-state index contributed by atoms with van der Waals surface area (Å²) < 4.78 is 28.8. The van der Waals surface area contributed by atoms with Crippen molar-refractivity contribution in [3.05, 3.63) is 58.3 Å². The minimum absolute atomic E-state index is 0.131. The quantitative estimate of drug-likeness (QED) is 0.704. The Bertz CT molecular complexity index is 1190. The smallest absolute Gasteiger partial charge is 0.262 e. The number of anilines is 1. The van der Waals surface area contributed by atoms with E-state index in [1.54, 1.807) is 19.1 Å². The van der Waals surface area contributed by atoms with Crippen LogP contribution in [-0.4, -0.2) is 19.2 Å². The van der Waals surface area contributed by atoms with Crippen molar-refractivity contribution < 1.29 is 13.2 Å². The molecule has 0 unspecified atom stereocenters. The first-order valence-corrected chi connectivity index (χ1v) is 10.5. The summed E-state index contributed by atoms with van der Waals surface area (Å²) in [6.45, 7) is 5.61. The van der Waals surface area contributed by atoms with E-state index in [-0.39, 0.29) is 10.7 Å². The highest BCUT2D eigenvalue weighted by Gasteiger charge is 2.25. The molecule has 2 N–H and O–H groups in total. The number of sulfonamides is 1. The molecule has 0 bridgehead atoms. The second-order valence-electron chi connectivity index (χ2n) is 7.27. The third-order valence-electron chi connectivity index (χ3n) is 5.42. The molecule has 1 aliphatic rings. The zero-order valence-electron chi connectivity index (χ0n) is 15.6. The fourth-order valence-corrected chi connectivity index (χ4v) is 5.17. The number of carbonyl (C=O) groups is 1. The van der Waals surface area contributed by atoms with Gasteiger partial charge in [0, 0.05) is 28.6 Å². The van der Waals surface area contributed by atoms with Crippen molar-refractivity contribution in [2.75, 3.05) is 4.72 Å². The monoisotopic (exact) mass is 382 g/mol. The van der Waals surface area contributed by atoms with Crippen molar-refractivity contribution in [2.24, 2.45) is 0 Å². The Balaban J connectivity index is 1.82. The molecular formula is C21H22N2O3S. The minimum atomic E-state index is -3.74. The van der Waals surface area contributed by atoms with E-state index in [1.165, 1.54) is 0 Å². The van der Waals surface area contributed by atoms with Gasteiger partial charge in [-0.3, -0.25) is 9.52 Å². The van der Waals surface area contributed by atoms with Gasteiger partial charge in [-0.1, -0.05) is 12.1 Å². The van der Waals surface area contributed by atoms with E-state index in [9.17, 15) is 13.2 Å². The molecule has 6 heteroatoms. The summed E-state index contributed by atoms with van der Waals surface area (Å²) in [5.41, 5.74) is 5.47. The van der Waals surface area contributed by atoms with Gasteiger partial charge in [-0.2, -0.15) is 0 Å². The zero-order valence-corrected chi connectivity index (χ0v) is 16.5. The van der Waals surface area contributed by atoms with Crippen molar-refractivity contribution in [3.8, 4) is 0 Å². The van der Waals surface area contributed by atoms with Crippen molar-refractivity contribution in [1.82, 2.24) is 4.98 Å². The van der Waals surface area contributed by atoms with Crippen LogP contribution in [0.4, 0.5) is 5.69 Å². The lowest BCUT2D eigenvalue weighted by atomic mass is 9.94. The van der Waals surface area contributed by atoms with Crippen LogP contribution in [0, 0.1) is 20.8 Å². The largest absolute Gasteiger partial charge is 0.358 e. The van der Waals surface area contributed by atoms with Gasteiger partial charge >= 0.3 is 0 Å². The van der Waals surface area contributed by atoms with Crippen molar-refractivity contribution in [1.29, 1.82) is 0 Å². The number of fused-ring (bicyclic) bond motifs is 3. The lowest BCUT2D eigenvalue weighted by molar-refractivity contribution is 0.0974. The number of rotatable bonds is 3. The molecule has 0 amide bonds. The number of carbonyl (C=O) groups excluding carboxylic acids is 1. The maximum atomic E-state index is 13.0. The second-order valence-corrected chi connectivity index (χ2v) is 8.92. The van der Waals surface area contributed by atoms with Crippen LogP contribution in [0.2, 0.25) is 0 Å². The lowest BCUT2D eigenvalue weighted by Crippen LogP contribution is -2.15. The van der Waals surface area contributed by atoms with E-state index in [4.69, 9.17) is 0 Å². The van der Waals surface area contributed by atoms with Crippen LogP contribution in [0.5, 0.6) is 0 Å². The highest BCUT2D eigenvalue weighted by Crippen LogP contribution is 2.33. The molecule has 0 radical (unpaired) electrons. The van der Waals surface area contributed by atoms with Crippen LogP contribution < -0.4 is 4.72 Å². The number of nitrogens with one attached hydrogen (secondary N) is 2. The zero-order chi connectivity index (χ0) is 19.3. The molecule has 0 atom stereocenters. The van der Waals surface area contributed by atoms with Crippen LogP contribution in [0.1, 0.15) is 45.6 Å². The molecular weight excluding hydrogens is 360 g/mol. The Labute approximate surface area is 158 Å². The summed E-state index contributed by atoms with van der Waals surface area (Å²) in [5, 5.41) is 0.817. The Morgan fingerprint density at radius 3 is 2.59 bits per heavy atom. The molecule has 0 fully saturated rings. The van der Waals surface area contributed by atoms with Gasteiger partial charge in [0.2, 0.25) is 0 Å². The predicted molar refractivity (Wildman–Crippen MR) is 107 cm³/mol. The molecule has 0 spiro atoms. The summed E-state index contributed by atoms with van der Waals surface area (Å²) >= 11 is 0. The number of hydrogen-bond donors (Lipinski definition) is 2. The van der Waals surface area contributed by atoms with Gasteiger partial charge < -0.3 is 4.98 Å². The van der Waals surface area contributed by atoms with E-state index < -0.39 is 10.0 Å². The summed E-state index contributed by atoms with van der Waals surface area (Å²) in [5.74, 6) is 0.131. The van der Waals surface area contributed by atoms with Gasteiger partial charge in [0.05, 0.1) is 10.6 Å². The van der Waals surface area contributed by atoms with Crippen molar-refractivity contribution in [2.45, 2.75) is 44.9 Å². The van der Waals surface area contributed by atoms with Gasteiger partial charge in [-0.05, 0) is 68.5 Å². The Morgan fingerprint density at radius 2 is 1.81 bits per heavy atom. The van der Waals surface area contributed by atoms with Gasteiger partial charge in [-0.25, -0.2) is 8.42 Å². The molecule has 0 aliphatic heterocycles. The molecule has 1 heterocycles. The van der Waals surface area contributed by atoms with E-state index in [0.717, 1.165) is 40.6 Å². The highest BCUT2D eigenvalue weighted by atomic mass is 32.2. The van der Waals surface area contributed by atoms with Crippen LogP contribution in [0.3, 0.4) is 0 Å². The topological polar surface area (TPSA) is 79.0 Å². The van der Waals surface area contributed by atoms with Crippen LogP contribution in [0.25, 0.3) is 10.9 Å². The first kappa shape index (κ1) is 17.8. The number of hydrogen-bond acceptors (Lipinski definition) is 3. The number of H-pyrrole nitrogens is 1. The Hall–Kier alpha value is -2.60. The van der Waals surface area contributed by atoms with Crippen molar-refractivity contribution in [3.63, 3.8) is 0 Å². The fraction of sp³-hybridized carbons (Fsp3) is 0.286. The average molecular weight is 382 g/mol. The molecule has 27 heavy (non-hydrogen) atoms. The predicted octanol–water partition coefficient (Wildman–Crippen LogP) is 4.41. The fourth-order valence-electron chi connectivity index (χ4n) is 3.79. The third kappa shape index (κ3) is 2.94. The SMILES string of the molecule is Cc1cc2c3c([nH]c2cc1S(=O)(=O)Nc1cccc(C)c1C)CCCC3=O. The molecule has 1 aliphatic carbocycles. The molecule has 2 aromatic carbocycles. The normalized spacial score (nSPS) is 14.4. The highest BCUT2D eigenvalue weighted by molar-refractivity contribution is 7.92. The number of Topliss-reactive ketones (excluding diaryl/α,β-unsaturated/α-hetero) is 1. The number of aromatic amines is 1. The van der Waals surface area contributed by atoms with Crippen LogP contribution in [-0.2, 0) is 16.4 Å². The summed E-state index contributed by atoms with van der Waals surface area (Å²) in [6.07, 6.45) is 2.20. The van der Waals surface area contributed by atoms with Gasteiger partial charge in [0.25, 0.3) is 10.0 Å². The molecule has 3 aromatic rings. The number of aromatic nitrogens is 1. The summed E-state index contributed by atoms with van der Waals surface area (Å²) in [4.78, 5) is 15.8. The van der Waals surface area contributed by atoms with Crippen molar-refractivity contribution >= 4 is 32.4 Å². The Kier molecular flexibility index (Phi) is 4.11. The van der Waals surface area contributed by atoms with Crippen LogP contribution >= 0.6 is 0 Å². The number of aryl methyl sites for hydroxylation is 3. The lowest BCUT2D eigenvalue weighted by Gasteiger charge is -2.14. The first-order chi connectivity index (χ1) is 12.8. The summed E-state index contributed by atoms with van der Waals surface area (Å²) in [7, 11) is -3.74. The minimum Gasteiger partial charge on any atom is -0.358 e. The number of ketones is 1. The van der Waals surface area contributed by atoms with Gasteiger partial charge in [0.1, 0.15) is 0 Å². The first-order valence-electron chi connectivity index (χ1n) is 9.05. The van der Waals surface area contributed by atoms with Gasteiger partial charge in [-0.15, -0.1) is 0 Å².